The van der Waals surface area contributed by atoms with Crippen LogP contribution in [-0.4, -0.2) is 35.0 Å². The highest BCUT2D eigenvalue weighted by molar-refractivity contribution is 7.98. The van der Waals surface area contributed by atoms with Crippen molar-refractivity contribution in [2.45, 2.75) is 32.6 Å². The Balaban J connectivity index is 1.51. The maximum absolute atomic E-state index is 14.1. The van der Waals surface area contributed by atoms with E-state index in [1.807, 2.05) is 43.5 Å². The second-order valence-electron chi connectivity index (χ2n) is 9.08. The highest BCUT2D eigenvalue weighted by Crippen LogP contribution is 2.29. The van der Waals surface area contributed by atoms with Gasteiger partial charge in [0.15, 0.2) is 0 Å². The largest absolute Gasteiger partial charge is 0.480 e. The predicted octanol–water partition coefficient (Wildman–Crippen LogP) is 6.71. The van der Waals surface area contributed by atoms with E-state index in [2.05, 4.69) is 5.32 Å². The fraction of sp³-hybridized carbons (Fsp3) is 0.226. The molecule has 1 aromatic heterocycles. The van der Waals surface area contributed by atoms with Gasteiger partial charge in [0.2, 0.25) is 0 Å². The molecule has 6 nitrogen and oxygen atoms in total. The lowest BCUT2D eigenvalue weighted by molar-refractivity contribution is -0.139. The number of nitrogens with one attached hydrogen (secondary N) is 1. The van der Waals surface area contributed by atoms with Crippen molar-refractivity contribution >= 4 is 23.6 Å². The summed E-state index contributed by atoms with van der Waals surface area (Å²) in [4.78, 5) is 24.9. The topological polar surface area (TPSA) is 88.8 Å². The molecule has 202 valence electrons. The Morgan fingerprint density at radius 3 is 2.44 bits per heavy atom. The minimum absolute atomic E-state index is 0.187. The number of aliphatic carboxylic acids is 1. The van der Waals surface area contributed by atoms with Gasteiger partial charge in [-0.3, -0.25) is 4.79 Å². The third-order valence-corrected chi connectivity index (χ3v) is 6.94. The van der Waals surface area contributed by atoms with Gasteiger partial charge in [0.1, 0.15) is 30.0 Å². The number of aryl methyl sites for hydroxylation is 1. The number of thioether (sulfide) groups is 1. The van der Waals surface area contributed by atoms with Crippen LogP contribution in [-0.2, 0) is 22.7 Å². The first-order valence-electron chi connectivity index (χ1n) is 12.5. The summed E-state index contributed by atoms with van der Waals surface area (Å²) in [6, 6.07) is 22.0. The number of ether oxygens (including phenoxy) is 1. The smallest absolute Gasteiger partial charge is 0.326 e. The molecule has 0 aliphatic heterocycles. The van der Waals surface area contributed by atoms with Gasteiger partial charge in [0.25, 0.3) is 5.91 Å². The van der Waals surface area contributed by atoms with Crippen LogP contribution in [0.15, 0.2) is 83.3 Å². The first kappa shape index (κ1) is 28.1. The Labute approximate surface area is 231 Å². The molecule has 8 heteroatoms. The SMILES string of the molecule is CSCCC(NC(=O)c1ccc(COCc2ccc(-c3ccccc3F)o2)cc1-c1ccccc1C)C(=O)O. The van der Waals surface area contributed by atoms with Gasteiger partial charge in [-0.25, -0.2) is 9.18 Å². The van der Waals surface area contributed by atoms with Crippen LogP contribution in [0.3, 0.4) is 0 Å². The summed E-state index contributed by atoms with van der Waals surface area (Å²) in [5.74, 6) is -0.239. The molecule has 2 N–H and O–H groups in total. The van der Waals surface area contributed by atoms with E-state index >= 15 is 0 Å². The standard InChI is InChI=1S/C31H30FNO5S/c1-20-7-3-4-8-23(20)26-17-21(11-13-24(26)30(34)33-28(31(35)36)15-16-39-2)18-37-19-22-12-14-29(38-22)25-9-5-6-10-27(25)32/h3-14,17,28H,15-16,18-19H2,1-2H3,(H,33,34)(H,35,36). The van der Waals surface area contributed by atoms with E-state index in [4.69, 9.17) is 9.15 Å². The van der Waals surface area contributed by atoms with E-state index in [1.54, 1.807) is 42.5 Å². The zero-order valence-electron chi connectivity index (χ0n) is 21.8. The Bertz CT molecular complexity index is 1450. The molecule has 1 amide bonds. The molecular formula is C31H30FNO5S. The number of carbonyl (C=O) groups is 2. The number of carboxylic acids is 1. The molecule has 0 aliphatic rings. The Kier molecular flexibility index (Phi) is 9.57. The van der Waals surface area contributed by atoms with E-state index in [9.17, 15) is 19.1 Å². The van der Waals surface area contributed by atoms with Crippen LogP contribution in [0.2, 0.25) is 0 Å². The molecule has 1 atom stereocenters. The third kappa shape index (κ3) is 7.16. The molecule has 0 radical (unpaired) electrons. The molecule has 3 aromatic carbocycles. The van der Waals surface area contributed by atoms with Gasteiger partial charge >= 0.3 is 5.97 Å². The minimum atomic E-state index is -1.06. The van der Waals surface area contributed by atoms with Crippen molar-refractivity contribution in [3.63, 3.8) is 0 Å². The molecule has 0 aliphatic carbocycles. The molecule has 0 fully saturated rings. The highest BCUT2D eigenvalue weighted by Gasteiger charge is 2.23. The predicted molar refractivity (Wildman–Crippen MR) is 151 cm³/mol. The maximum atomic E-state index is 14.1. The van der Waals surface area contributed by atoms with Crippen molar-refractivity contribution in [3.05, 3.63) is 107 Å². The average molecular weight is 548 g/mol. The average Bonchev–Trinajstić information content (AvgIpc) is 3.40. The molecule has 0 saturated heterocycles. The minimum Gasteiger partial charge on any atom is -0.480 e. The summed E-state index contributed by atoms with van der Waals surface area (Å²) < 4.78 is 25.7. The van der Waals surface area contributed by atoms with Crippen molar-refractivity contribution in [1.82, 2.24) is 5.32 Å². The summed E-state index contributed by atoms with van der Waals surface area (Å²) in [6.07, 6.45) is 2.23. The Morgan fingerprint density at radius 2 is 1.72 bits per heavy atom. The normalized spacial score (nSPS) is 11.8. The van der Waals surface area contributed by atoms with E-state index in [0.717, 1.165) is 16.7 Å². The van der Waals surface area contributed by atoms with Crippen molar-refractivity contribution < 1.29 is 28.2 Å². The summed E-state index contributed by atoms with van der Waals surface area (Å²) in [6.45, 7) is 2.40. The third-order valence-electron chi connectivity index (χ3n) is 6.29. The van der Waals surface area contributed by atoms with Gasteiger partial charge < -0.3 is 19.6 Å². The zero-order chi connectivity index (χ0) is 27.8. The fourth-order valence-electron chi connectivity index (χ4n) is 4.24. The van der Waals surface area contributed by atoms with Crippen molar-refractivity contribution in [3.8, 4) is 22.5 Å². The zero-order valence-corrected chi connectivity index (χ0v) is 22.6. The van der Waals surface area contributed by atoms with Crippen LogP contribution >= 0.6 is 11.8 Å². The van der Waals surface area contributed by atoms with Crippen molar-refractivity contribution in [2.75, 3.05) is 12.0 Å². The van der Waals surface area contributed by atoms with Gasteiger partial charge in [-0.05, 0) is 84.0 Å². The molecule has 39 heavy (non-hydrogen) atoms. The molecular weight excluding hydrogens is 517 g/mol. The monoisotopic (exact) mass is 547 g/mol. The molecule has 0 saturated carbocycles. The molecule has 1 heterocycles. The summed E-state index contributed by atoms with van der Waals surface area (Å²) in [7, 11) is 0. The Morgan fingerprint density at radius 1 is 0.974 bits per heavy atom. The van der Waals surface area contributed by atoms with E-state index < -0.39 is 17.9 Å². The number of hydrogen-bond donors (Lipinski definition) is 2. The van der Waals surface area contributed by atoms with Gasteiger partial charge in [-0.15, -0.1) is 0 Å². The van der Waals surface area contributed by atoms with Crippen LogP contribution in [0.4, 0.5) is 4.39 Å². The molecule has 0 bridgehead atoms. The molecule has 1 unspecified atom stereocenters. The van der Waals surface area contributed by atoms with Crippen LogP contribution < -0.4 is 5.32 Å². The van der Waals surface area contributed by atoms with E-state index in [-0.39, 0.29) is 19.0 Å². The second-order valence-corrected chi connectivity index (χ2v) is 10.1. The highest BCUT2D eigenvalue weighted by atomic mass is 32.2. The number of hydrogen-bond acceptors (Lipinski definition) is 5. The van der Waals surface area contributed by atoms with E-state index in [1.165, 1.54) is 17.8 Å². The number of rotatable bonds is 12. The van der Waals surface area contributed by atoms with Crippen molar-refractivity contribution in [2.24, 2.45) is 0 Å². The fourth-order valence-corrected chi connectivity index (χ4v) is 4.71. The molecule has 0 spiro atoms. The summed E-state index contributed by atoms with van der Waals surface area (Å²) in [5.41, 5.74) is 4.17. The van der Waals surface area contributed by atoms with Crippen LogP contribution in [0, 0.1) is 12.7 Å². The lowest BCUT2D eigenvalue weighted by Crippen LogP contribution is -2.41. The molecule has 4 rings (SSSR count). The number of furan rings is 1. The summed E-state index contributed by atoms with van der Waals surface area (Å²) >= 11 is 1.53. The number of benzene rings is 3. The number of amides is 1. The quantitative estimate of drug-likeness (QED) is 0.205. The van der Waals surface area contributed by atoms with Crippen LogP contribution in [0.25, 0.3) is 22.5 Å². The van der Waals surface area contributed by atoms with Crippen molar-refractivity contribution in [1.29, 1.82) is 0 Å². The maximum Gasteiger partial charge on any atom is 0.326 e. The Hall–Kier alpha value is -3.88. The van der Waals surface area contributed by atoms with E-state index in [0.29, 0.717) is 40.4 Å². The lowest BCUT2D eigenvalue weighted by atomic mass is 9.93. The van der Waals surface area contributed by atoms with Gasteiger partial charge in [-0.2, -0.15) is 11.8 Å². The molecule has 4 aromatic rings. The van der Waals surface area contributed by atoms with Gasteiger partial charge in [-0.1, -0.05) is 42.5 Å². The first-order valence-corrected chi connectivity index (χ1v) is 13.9. The first-order chi connectivity index (χ1) is 18.9. The lowest BCUT2D eigenvalue weighted by Gasteiger charge is -2.17. The number of carbonyl (C=O) groups excluding carboxylic acids is 1. The van der Waals surface area contributed by atoms with Gasteiger partial charge in [0, 0.05) is 5.56 Å². The second kappa shape index (κ2) is 13.3. The van der Waals surface area contributed by atoms with Crippen LogP contribution in [0.5, 0.6) is 0 Å². The number of halogens is 1. The number of carboxylic acid groups (broad SMARTS) is 1. The van der Waals surface area contributed by atoms with Crippen LogP contribution in [0.1, 0.15) is 33.7 Å². The summed E-state index contributed by atoms with van der Waals surface area (Å²) in [5, 5.41) is 12.3. The van der Waals surface area contributed by atoms with Gasteiger partial charge in [0.05, 0.1) is 12.2 Å².